The van der Waals surface area contributed by atoms with E-state index in [1.807, 2.05) is 60.7 Å². The second-order valence-electron chi connectivity index (χ2n) is 6.67. The second kappa shape index (κ2) is 8.06. The maximum Gasteiger partial charge on any atom is 0.328 e. The Morgan fingerprint density at radius 2 is 1.69 bits per heavy atom. The highest BCUT2D eigenvalue weighted by Crippen LogP contribution is 2.15. The Kier molecular flexibility index (Phi) is 5.16. The lowest BCUT2D eigenvalue weighted by Crippen LogP contribution is -2.43. The minimum atomic E-state index is -0.854. The highest BCUT2D eigenvalue weighted by Gasteiger charge is 2.23. The highest BCUT2D eigenvalue weighted by atomic mass is 16.5. The number of nitrogens with one attached hydrogen (secondary N) is 1. The van der Waals surface area contributed by atoms with Gasteiger partial charge in [0.05, 0.1) is 23.7 Å². The standard InChI is InChI=1S/C23H19N3O3/c1-29-23(28)21(13-18-11-10-15-6-2-5-9-20(15)25-18)26-22(27)17-12-16-7-3-4-8-19(16)24-14-17/h2-12,14,21H,13H2,1H3,(H,26,27)/t21-/m1/s1. The molecule has 0 aliphatic carbocycles. The molecule has 2 aromatic heterocycles. The minimum Gasteiger partial charge on any atom is -0.467 e. The van der Waals surface area contributed by atoms with Gasteiger partial charge in [0.15, 0.2) is 0 Å². The number of esters is 1. The van der Waals surface area contributed by atoms with E-state index in [9.17, 15) is 9.59 Å². The summed E-state index contributed by atoms with van der Waals surface area (Å²) >= 11 is 0. The van der Waals surface area contributed by atoms with Crippen molar-refractivity contribution in [3.05, 3.63) is 84.2 Å². The van der Waals surface area contributed by atoms with Gasteiger partial charge < -0.3 is 10.1 Å². The SMILES string of the molecule is COC(=O)[C@@H](Cc1ccc2ccccc2n1)NC(=O)c1cnc2ccccc2c1. The quantitative estimate of drug-likeness (QED) is 0.533. The van der Waals surface area contributed by atoms with E-state index in [4.69, 9.17) is 4.74 Å². The van der Waals surface area contributed by atoms with Crippen molar-refractivity contribution < 1.29 is 14.3 Å². The van der Waals surface area contributed by atoms with Gasteiger partial charge in [-0.3, -0.25) is 14.8 Å². The first kappa shape index (κ1) is 18.6. The third-order valence-corrected chi connectivity index (χ3v) is 4.71. The molecule has 0 aliphatic rings. The summed E-state index contributed by atoms with van der Waals surface area (Å²) in [5.74, 6) is -0.915. The number of benzene rings is 2. The summed E-state index contributed by atoms with van der Waals surface area (Å²) in [6, 6.07) is 20.0. The van der Waals surface area contributed by atoms with E-state index in [-0.39, 0.29) is 12.3 Å². The van der Waals surface area contributed by atoms with Gasteiger partial charge in [-0.2, -0.15) is 0 Å². The van der Waals surface area contributed by atoms with Crippen LogP contribution >= 0.6 is 0 Å². The largest absolute Gasteiger partial charge is 0.467 e. The molecule has 6 nitrogen and oxygen atoms in total. The number of fused-ring (bicyclic) bond motifs is 2. The zero-order valence-electron chi connectivity index (χ0n) is 15.8. The molecule has 0 saturated carbocycles. The molecule has 144 valence electrons. The molecule has 0 bridgehead atoms. The fourth-order valence-electron chi connectivity index (χ4n) is 3.20. The average molecular weight is 385 g/mol. The lowest BCUT2D eigenvalue weighted by molar-refractivity contribution is -0.142. The van der Waals surface area contributed by atoms with Gasteiger partial charge in [-0.1, -0.05) is 42.5 Å². The van der Waals surface area contributed by atoms with Crippen molar-refractivity contribution in [2.24, 2.45) is 0 Å². The molecule has 4 rings (SSSR count). The molecule has 2 aromatic carbocycles. The molecule has 0 fully saturated rings. The molecule has 0 unspecified atom stereocenters. The Hall–Kier alpha value is -3.80. The lowest BCUT2D eigenvalue weighted by atomic mass is 10.1. The van der Waals surface area contributed by atoms with Crippen LogP contribution in [0.15, 0.2) is 72.9 Å². The number of para-hydroxylation sites is 2. The number of hydrogen-bond acceptors (Lipinski definition) is 5. The summed E-state index contributed by atoms with van der Waals surface area (Å²) in [6.07, 6.45) is 1.73. The third-order valence-electron chi connectivity index (χ3n) is 4.71. The highest BCUT2D eigenvalue weighted by molar-refractivity contribution is 5.99. The molecule has 1 N–H and O–H groups in total. The van der Waals surface area contributed by atoms with E-state index in [1.165, 1.54) is 13.3 Å². The normalized spacial score (nSPS) is 11.9. The molecule has 29 heavy (non-hydrogen) atoms. The van der Waals surface area contributed by atoms with Crippen molar-refractivity contribution >= 4 is 33.7 Å². The number of pyridine rings is 2. The van der Waals surface area contributed by atoms with Crippen LogP contribution in [0.4, 0.5) is 0 Å². The lowest BCUT2D eigenvalue weighted by Gasteiger charge is -2.16. The third kappa shape index (κ3) is 4.06. The first-order valence-corrected chi connectivity index (χ1v) is 9.22. The van der Waals surface area contributed by atoms with Crippen LogP contribution < -0.4 is 5.32 Å². The van der Waals surface area contributed by atoms with Crippen LogP contribution in [0, 0.1) is 0 Å². The number of carbonyl (C=O) groups is 2. The van der Waals surface area contributed by atoms with Crippen molar-refractivity contribution in [2.45, 2.75) is 12.5 Å². The Balaban J connectivity index is 1.57. The number of aromatic nitrogens is 2. The van der Waals surface area contributed by atoms with Crippen LogP contribution in [-0.2, 0) is 16.0 Å². The van der Waals surface area contributed by atoms with E-state index < -0.39 is 12.0 Å². The molecular weight excluding hydrogens is 366 g/mol. The average Bonchev–Trinajstić information content (AvgIpc) is 2.77. The number of amides is 1. The summed E-state index contributed by atoms with van der Waals surface area (Å²) in [6.45, 7) is 0. The molecule has 0 aliphatic heterocycles. The maximum absolute atomic E-state index is 12.7. The van der Waals surface area contributed by atoms with Crippen molar-refractivity contribution in [1.29, 1.82) is 0 Å². The van der Waals surface area contributed by atoms with Crippen LogP contribution in [0.3, 0.4) is 0 Å². The van der Waals surface area contributed by atoms with Crippen LogP contribution in [-0.4, -0.2) is 35.0 Å². The molecule has 6 heteroatoms. The zero-order valence-corrected chi connectivity index (χ0v) is 15.8. The number of nitrogens with zero attached hydrogens (tertiary/aromatic N) is 2. The summed E-state index contributed by atoms with van der Waals surface area (Å²) in [5.41, 5.74) is 2.70. The van der Waals surface area contributed by atoms with Gasteiger partial charge in [0.1, 0.15) is 6.04 Å². The Morgan fingerprint density at radius 3 is 2.48 bits per heavy atom. The molecule has 0 spiro atoms. The van der Waals surface area contributed by atoms with Gasteiger partial charge in [-0.15, -0.1) is 0 Å². The van der Waals surface area contributed by atoms with E-state index in [2.05, 4.69) is 15.3 Å². The summed E-state index contributed by atoms with van der Waals surface area (Å²) in [5, 5.41) is 4.62. The van der Waals surface area contributed by atoms with Crippen molar-refractivity contribution in [3.63, 3.8) is 0 Å². The minimum absolute atomic E-state index is 0.226. The molecule has 2 heterocycles. The van der Waals surface area contributed by atoms with Gasteiger partial charge in [0.2, 0.25) is 0 Å². The van der Waals surface area contributed by atoms with Gasteiger partial charge in [0, 0.05) is 29.1 Å². The number of ether oxygens (including phenoxy) is 1. The van der Waals surface area contributed by atoms with Gasteiger partial charge in [-0.05, 0) is 24.3 Å². The number of carbonyl (C=O) groups excluding carboxylic acids is 2. The molecule has 1 amide bonds. The predicted octanol–water partition coefficient (Wildman–Crippen LogP) is 3.30. The second-order valence-corrected chi connectivity index (χ2v) is 6.67. The summed E-state index contributed by atoms with van der Waals surface area (Å²) in [7, 11) is 1.30. The zero-order chi connectivity index (χ0) is 20.2. The van der Waals surface area contributed by atoms with Gasteiger partial charge >= 0.3 is 5.97 Å². The molecule has 0 radical (unpaired) electrons. The topological polar surface area (TPSA) is 81.2 Å². The Morgan fingerprint density at radius 1 is 0.966 bits per heavy atom. The van der Waals surface area contributed by atoms with Crippen molar-refractivity contribution in [3.8, 4) is 0 Å². The maximum atomic E-state index is 12.7. The fourth-order valence-corrected chi connectivity index (χ4v) is 3.20. The Bertz CT molecular complexity index is 1210. The van der Waals surface area contributed by atoms with E-state index in [0.29, 0.717) is 11.3 Å². The van der Waals surface area contributed by atoms with E-state index >= 15 is 0 Å². The number of hydrogen-bond donors (Lipinski definition) is 1. The van der Waals surface area contributed by atoms with Gasteiger partial charge in [-0.25, -0.2) is 4.79 Å². The first-order valence-electron chi connectivity index (χ1n) is 9.22. The van der Waals surface area contributed by atoms with Crippen LogP contribution in [0.5, 0.6) is 0 Å². The summed E-state index contributed by atoms with van der Waals surface area (Å²) < 4.78 is 4.88. The monoisotopic (exact) mass is 385 g/mol. The molecular formula is C23H19N3O3. The summed E-state index contributed by atoms with van der Waals surface area (Å²) in [4.78, 5) is 33.9. The van der Waals surface area contributed by atoms with Crippen molar-refractivity contribution in [2.75, 3.05) is 7.11 Å². The van der Waals surface area contributed by atoms with Crippen LogP contribution in [0.1, 0.15) is 16.1 Å². The van der Waals surface area contributed by atoms with E-state index in [0.717, 1.165) is 21.8 Å². The molecule has 1 atom stereocenters. The molecule has 4 aromatic rings. The molecule has 0 saturated heterocycles. The fraction of sp³-hybridized carbons (Fsp3) is 0.130. The van der Waals surface area contributed by atoms with Gasteiger partial charge in [0.25, 0.3) is 5.91 Å². The first-order chi connectivity index (χ1) is 14.1. The van der Waals surface area contributed by atoms with Crippen molar-refractivity contribution in [1.82, 2.24) is 15.3 Å². The number of methoxy groups -OCH3 is 1. The Labute approximate surface area is 167 Å². The smallest absolute Gasteiger partial charge is 0.328 e. The van der Waals surface area contributed by atoms with Crippen LogP contribution in [0.25, 0.3) is 21.8 Å². The van der Waals surface area contributed by atoms with E-state index in [1.54, 1.807) is 6.07 Å². The number of rotatable bonds is 5. The predicted molar refractivity (Wildman–Crippen MR) is 110 cm³/mol. The van der Waals surface area contributed by atoms with Crippen LogP contribution in [0.2, 0.25) is 0 Å².